The predicted octanol–water partition coefficient (Wildman–Crippen LogP) is 4.96. The maximum Gasteiger partial charge on any atom is 0.324 e. The van der Waals surface area contributed by atoms with Crippen LogP contribution in [-0.4, -0.2) is 35.0 Å². The number of carbonyl (C=O) groups is 2. The van der Waals surface area contributed by atoms with Crippen molar-refractivity contribution in [3.05, 3.63) is 95.3 Å². The Morgan fingerprint density at radius 2 is 1.85 bits per heavy atom. The summed E-state index contributed by atoms with van der Waals surface area (Å²) in [5, 5.41) is 12.6. The number of nitrogens with one attached hydrogen (secondary N) is 1. The molecule has 1 saturated heterocycles. The van der Waals surface area contributed by atoms with Crippen molar-refractivity contribution in [1.29, 1.82) is 0 Å². The fourth-order valence-corrected chi connectivity index (χ4v) is 3.89. The molecular formula is C26H26FN3O3. The topological polar surface area (TPSA) is 72.9 Å². The lowest BCUT2D eigenvalue weighted by atomic mass is 10.1. The van der Waals surface area contributed by atoms with E-state index in [9.17, 15) is 19.1 Å². The highest BCUT2D eigenvalue weighted by Crippen LogP contribution is 2.24. The minimum atomic E-state index is -0.636. The van der Waals surface area contributed by atoms with E-state index < -0.39 is 6.10 Å². The van der Waals surface area contributed by atoms with Gasteiger partial charge in [0.25, 0.3) is 5.91 Å². The molecule has 3 aromatic carbocycles. The summed E-state index contributed by atoms with van der Waals surface area (Å²) in [7, 11) is 0. The maximum atomic E-state index is 14.1. The van der Waals surface area contributed by atoms with Crippen molar-refractivity contribution in [3.63, 3.8) is 0 Å². The molecule has 0 aromatic heterocycles. The van der Waals surface area contributed by atoms with Gasteiger partial charge < -0.3 is 15.3 Å². The van der Waals surface area contributed by atoms with E-state index >= 15 is 0 Å². The summed E-state index contributed by atoms with van der Waals surface area (Å²) in [6, 6.07) is 20.1. The van der Waals surface area contributed by atoms with Crippen molar-refractivity contribution in [2.45, 2.75) is 26.0 Å². The number of benzene rings is 3. The van der Waals surface area contributed by atoms with Crippen LogP contribution in [0.4, 0.5) is 20.6 Å². The van der Waals surface area contributed by atoms with Crippen LogP contribution in [0, 0.1) is 5.82 Å². The van der Waals surface area contributed by atoms with Gasteiger partial charge in [-0.15, -0.1) is 0 Å². The van der Waals surface area contributed by atoms with E-state index in [4.69, 9.17) is 0 Å². The number of halogens is 1. The van der Waals surface area contributed by atoms with Crippen LogP contribution in [0.1, 0.15) is 40.9 Å². The zero-order valence-electron chi connectivity index (χ0n) is 18.4. The average Bonchev–Trinajstić information content (AvgIpc) is 2.82. The molecule has 1 aliphatic rings. The Balaban J connectivity index is 1.49. The molecule has 6 nitrogen and oxygen atoms in total. The van der Waals surface area contributed by atoms with Gasteiger partial charge in [-0.1, -0.05) is 36.4 Å². The normalized spacial score (nSPS) is 14.8. The molecule has 1 heterocycles. The number of carbonyl (C=O) groups excluding carboxylic acids is 2. The number of rotatable bonds is 6. The number of nitrogens with zero attached hydrogens (tertiary/aromatic N) is 2. The van der Waals surface area contributed by atoms with Crippen molar-refractivity contribution in [3.8, 4) is 0 Å². The molecule has 7 heteroatoms. The van der Waals surface area contributed by atoms with Crippen molar-refractivity contribution in [2.75, 3.05) is 23.3 Å². The Hall–Kier alpha value is -3.71. The number of hydrogen-bond donors (Lipinski definition) is 2. The van der Waals surface area contributed by atoms with E-state index in [0.29, 0.717) is 41.2 Å². The summed E-state index contributed by atoms with van der Waals surface area (Å²) in [5.74, 6) is -0.645. The third kappa shape index (κ3) is 5.21. The van der Waals surface area contributed by atoms with Crippen LogP contribution in [0.15, 0.2) is 72.8 Å². The van der Waals surface area contributed by atoms with Crippen molar-refractivity contribution in [1.82, 2.24) is 4.90 Å². The molecule has 3 amide bonds. The molecule has 170 valence electrons. The first-order chi connectivity index (χ1) is 15.9. The number of amides is 3. The Kier molecular flexibility index (Phi) is 6.70. The lowest BCUT2D eigenvalue weighted by Crippen LogP contribution is -2.49. The Morgan fingerprint density at radius 3 is 2.64 bits per heavy atom. The molecular weight excluding hydrogens is 421 g/mol. The zero-order chi connectivity index (χ0) is 23.4. The Bertz CT molecular complexity index is 1160. The monoisotopic (exact) mass is 447 g/mol. The molecule has 2 N–H and O–H groups in total. The van der Waals surface area contributed by atoms with Gasteiger partial charge in [0.15, 0.2) is 0 Å². The number of anilines is 2. The highest BCUT2D eigenvalue weighted by molar-refractivity contribution is 6.05. The molecule has 0 radical (unpaired) electrons. The van der Waals surface area contributed by atoms with Gasteiger partial charge in [-0.3, -0.25) is 9.69 Å². The van der Waals surface area contributed by atoms with Gasteiger partial charge >= 0.3 is 6.03 Å². The van der Waals surface area contributed by atoms with Crippen molar-refractivity contribution in [2.24, 2.45) is 0 Å². The number of aliphatic hydroxyl groups excluding tert-OH is 1. The second-order valence-electron chi connectivity index (χ2n) is 8.11. The first-order valence-electron chi connectivity index (χ1n) is 10.9. The highest BCUT2D eigenvalue weighted by Gasteiger charge is 2.27. The summed E-state index contributed by atoms with van der Waals surface area (Å²) < 4.78 is 14.1. The predicted molar refractivity (Wildman–Crippen MR) is 126 cm³/mol. The number of aliphatic hydroxyl groups is 1. The van der Waals surface area contributed by atoms with Crippen LogP contribution in [-0.2, 0) is 6.54 Å². The standard InChI is InChI=1S/C26H26FN3O3/c1-18(31)19-8-4-10-22(15-19)28-25(32)20-9-5-11-23(16-20)30-14-6-13-29(26(30)33)17-21-7-2-3-12-24(21)27/h2-5,7-12,15-16,18,31H,6,13-14,17H2,1H3,(H,28,32)/t18-/m1/s1. The smallest absolute Gasteiger partial charge is 0.324 e. The van der Waals surface area contributed by atoms with Crippen LogP contribution >= 0.6 is 0 Å². The fourth-order valence-electron chi connectivity index (χ4n) is 3.89. The summed E-state index contributed by atoms with van der Waals surface area (Å²) in [4.78, 5) is 29.2. The molecule has 0 unspecified atom stereocenters. The van der Waals surface area contributed by atoms with Crippen molar-refractivity contribution < 1.29 is 19.1 Å². The Morgan fingerprint density at radius 1 is 1.06 bits per heavy atom. The molecule has 4 rings (SSSR count). The highest BCUT2D eigenvalue weighted by atomic mass is 19.1. The third-order valence-electron chi connectivity index (χ3n) is 5.68. The molecule has 33 heavy (non-hydrogen) atoms. The minimum absolute atomic E-state index is 0.196. The summed E-state index contributed by atoms with van der Waals surface area (Å²) in [5.41, 5.74) is 2.78. The Labute approximate surface area is 192 Å². The molecule has 0 saturated carbocycles. The van der Waals surface area contributed by atoms with E-state index in [1.54, 1.807) is 83.5 Å². The van der Waals surface area contributed by atoms with Crippen LogP contribution in [0.5, 0.6) is 0 Å². The van der Waals surface area contributed by atoms with E-state index in [1.807, 2.05) is 0 Å². The van der Waals surface area contributed by atoms with Gasteiger partial charge in [0.05, 0.1) is 12.6 Å². The van der Waals surface area contributed by atoms with Gasteiger partial charge in [0.1, 0.15) is 5.82 Å². The van der Waals surface area contributed by atoms with Crippen LogP contribution in [0.3, 0.4) is 0 Å². The molecule has 1 aliphatic heterocycles. The summed E-state index contributed by atoms with van der Waals surface area (Å²) in [6.45, 7) is 2.93. The second kappa shape index (κ2) is 9.83. The lowest BCUT2D eigenvalue weighted by Gasteiger charge is -2.36. The van der Waals surface area contributed by atoms with Crippen LogP contribution in [0.2, 0.25) is 0 Å². The number of urea groups is 1. The first kappa shape index (κ1) is 22.5. The molecule has 0 spiro atoms. The van der Waals surface area contributed by atoms with Crippen LogP contribution in [0.25, 0.3) is 0 Å². The van der Waals surface area contributed by atoms with Gasteiger partial charge in [-0.25, -0.2) is 9.18 Å². The van der Waals surface area contributed by atoms with Gasteiger partial charge in [0.2, 0.25) is 0 Å². The SMILES string of the molecule is C[C@@H](O)c1cccc(NC(=O)c2cccc(N3CCCN(Cc4ccccc4F)C3=O)c2)c1. The largest absolute Gasteiger partial charge is 0.389 e. The van der Waals surface area contributed by atoms with Gasteiger partial charge in [-0.2, -0.15) is 0 Å². The summed E-state index contributed by atoms with van der Waals surface area (Å²) in [6.07, 6.45) is 0.102. The number of hydrogen-bond acceptors (Lipinski definition) is 3. The van der Waals surface area contributed by atoms with E-state index in [-0.39, 0.29) is 24.3 Å². The van der Waals surface area contributed by atoms with Gasteiger partial charge in [0, 0.05) is 35.6 Å². The molecule has 1 atom stereocenters. The van der Waals surface area contributed by atoms with Crippen LogP contribution < -0.4 is 10.2 Å². The molecule has 1 fully saturated rings. The molecule has 3 aromatic rings. The fraction of sp³-hybridized carbons (Fsp3) is 0.231. The third-order valence-corrected chi connectivity index (χ3v) is 5.68. The zero-order valence-corrected chi connectivity index (χ0v) is 18.4. The van der Waals surface area contributed by atoms with E-state index in [0.717, 1.165) is 6.42 Å². The average molecular weight is 448 g/mol. The second-order valence-corrected chi connectivity index (χ2v) is 8.11. The summed E-state index contributed by atoms with van der Waals surface area (Å²) >= 11 is 0. The van der Waals surface area contributed by atoms with E-state index in [2.05, 4.69) is 5.32 Å². The van der Waals surface area contributed by atoms with Crippen molar-refractivity contribution >= 4 is 23.3 Å². The minimum Gasteiger partial charge on any atom is -0.389 e. The van der Waals surface area contributed by atoms with Gasteiger partial charge in [-0.05, 0) is 55.3 Å². The quantitative estimate of drug-likeness (QED) is 0.561. The van der Waals surface area contributed by atoms with E-state index in [1.165, 1.54) is 6.07 Å². The molecule has 0 aliphatic carbocycles. The lowest BCUT2D eigenvalue weighted by molar-refractivity contribution is 0.102. The molecule has 0 bridgehead atoms. The first-order valence-corrected chi connectivity index (χ1v) is 10.9. The maximum absolute atomic E-state index is 14.1.